The van der Waals surface area contributed by atoms with E-state index in [9.17, 15) is 4.79 Å². The van der Waals surface area contributed by atoms with Crippen LogP contribution in [0.15, 0.2) is 48.5 Å². The van der Waals surface area contributed by atoms with Gasteiger partial charge in [-0.05, 0) is 74.6 Å². The molecule has 2 atom stereocenters. The van der Waals surface area contributed by atoms with Crippen molar-refractivity contribution < 1.29 is 19.0 Å². The van der Waals surface area contributed by atoms with Gasteiger partial charge in [0, 0.05) is 31.9 Å². The van der Waals surface area contributed by atoms with Gasteiger partial charge in [0.25, 0.3) is 0 Å². The van der Waals surface area contributed by atoms with Gasteiger partial charge >= 0.3 is 5.97 Å². The number of hydrogen-bond acceptors (Lipinski definition) is 6. The maximum Gasteiger partial charge on any atom is 0.338 e. The standard InChI is InChI=1S/C26H34N2O4/c1-3-31-26(29)23-6-8-24(9-7-23)28-13-12-22(19-28)18-21-4-10-25(11-5-21)32-20(2)27-14-16-30-17-15-27/h4-11,20,22H,3,12-19H2,1-2H3. The minimum absolute atomic E-state index is 0.0587. The molecule has 0 saturated carbocycles. The van der Waals surface area contributed by atoms with Crippen LogP contribution in [0.25, 0.3) is 0 Å². The second-order valence-corrected chi connectivity index (χ2v) is 8.58. The molecule has 2 saturated heterocycles. The van der Waals surface area contributed by atoms with Crippen molar-refractivity contribution in [3.05, 3.63) is 59.7 Å². The molecular weight excluding hydrogens is 404 g/mol. The molecule has 2 heterocycles. The molecular formula is C26H34N2O4. The van der Waals surface area contributed by atoms with Gasteiger partial charge in [0.15, 0.2) is 0 Å². The van der Waals surface area contributed by atoms with Gasteiger partial charge in [0.1, 0.15) is 12.0 Å². The van der Waals surface area contributed by atoms with Crippen LogP contribution in [0, 0.1) is 5.92 Å². The Bertz CT molecular complexity index is 862. The van der Waals surface area contributed by atoms with Crippen molar-refractivity contribution in [1.82, 2.24) is 4.90 Å². The van der Waals surface area contributed by atoms with E-state index in [0.29, 0.717) is 18.1 Å². The lowest BCUT2D eigenvalue weighted by atomic mass is 9.99. The van der Waals surface area contributed by atoms with Gasteiger partial charge in [0.05, 0.1) is 25.4 Å². The van der Waals surface area contributed by atoms with Crippen LogP contribution in [0.2, 0.25) is 0 Å². The fraction of sp³-hybridized carbons (Fsp3) is 0.500. The fourth-order valence-corrected chi connectivity index (χ4v) is 4.51. The third-order valence-electron chi connectivity index (χ3n) is 6.34. The molecule has 0 bridgehead atoms. The molecule has 2 aliphatic rings. The van der Waals surface area contributed by atoms with E-state index in [4.69, 9.17) is 14.2 Å². The van der Waals surface area contributed by atoms with Gasteiger partial charge in [-0.25, -0.2) is 4.79 Å². The summed E-state index contributed by atoms with van der Waals surface area (Å²) in [6.45, 7) is 9.79. The third-order valence-corrected chi connectivity index (χ3v) is 6.34. The summed E-state index contributed by atoms with van der Waals surface area (Å²) in [4.78, 5) is 16.6. The number of morpholine rings is 1. The monoisotopic (exact) mass is 438 g/mol. The van der Waals surface area contributed by atoms with Crippen LogP contribution in [0.5, 0.6) is 5.75 Å². The van der Waals surface area contributed by atoms with Crippen molar-refractivity contribution in [2.24, 2.45) is 5.92 Å². The number of rotatable bonds is 8. The molecule has 0 spiro atoms. The molecule has 6 nitrogen and oxygen atoms in total. The summed E-state index contributed by atoms with van der Waals surface area (Å²) in [5, 5.41) is 0. The molecule has 2 unspecified atom stereocenters. The molecule has 6 heteroatoms. The molecule has 4 rings (SSSR count). The van der Waals surface area contributed by atoms with Crippen molar-refractivity contribution in [1.29, 1.82) is 0 Å². The number of carbonyl (C=O) groups excluding carboxylic acids is 1. The summed E-state index contributed by atoms with van der Waals surface area (Å²) >= 11 is 0. The van der Waals surface area contributed by atoms with Gasteiger partial charge in [-0.1, -0.05) is 12.1 Å². The topological polar surface area (TPSA) is 51.2 Å². The number of ether oxygens (including phenoxy) is 3. The van der Waals surface area contributed by atoms with E-state index in [1.807, 2.05) is 31.2 Å². The van der Waals surface area contributed by atoms with Crippen molar-refractivity contribution in [3.8, 4) is 5.75 Å². The van der Waals surface area contributed by atoms with Crippen LogP contribution in [0.1, 0.15) is 36.2 Å². The summed E-state index contributed by atoms with van der Waals surface area (Å²) in [5.41, 5.74) is 3.12. The van der Waals surface area contributed by atoms with Gasteiger partial charge < -0.3 is 19.1 Å². The zero-order valence-corrected chi connectivity index (χ0v) is 19.2. The number of anilines is 1. The van der Waals surface area contributed by atoms with Gasteiger partial charge in [0.2, 0.25) is 0 Å². The minimum atomic E-state index is -0.259. The second kappa shape index (κ2) is 10.8. The van der Waals surface area contributed by atoms with Gasteiger partial charge in [-0.3, -0.25) is 4.90 Å². The lowest BCUT2D eigenvalue weighted by molar-refractivity contribution is -0.0373. The molecule has 172 valence electrons. The Morgan fingerprint density at radius 3 is 2.47 bits per heavy atom. The first-order chi connectivity index (χ1) is 15.6. The average Bonchev–Trinajstić information content (AvgIpc) is 3.29. The summed E-state index contributed by atoms with van der Waals surface area (Å²) in [6.07, 6.45) is 2.30. The third kappa shape index (κ3) is 5.81. The van der Waals surface area contributed by atoms with Crippen LogP contribution >= 0.6 is 0 Å². The molecule has 0 N–H and O–H groups in total. The SMILES string of the molecule is CCOC(=O)c1ccc(N2CCC(Cc3ccc(OC(C)N4CCOCC4)cc3)C2)cc1. The quantitative estimate of drug-likeness (QED) is 0.581. The molecule has 0 radical (unpaired) electrons. The maximum absolute atomic E-state index is 11.8. The Balaban J connectivity index is 1.26. The summed E-state index contributed by atoms with van der Waals surface area (Å²) < 4.78 is 16.6. The van der Waals surface area contributed by atoms with Gasteiger partial charge in [-0.2, -0.15) is 0 Å². The van der Waals surface area contributed by atoms with Crippen molar-refractivity contribution in [2.45, 2.75) is 32.9 Å². The fourth-order valence-electron chi connectivity index (χ4n) is 4.51. The van der Waals surface area contributed by atoms with Crippen LogP contribution in [0.4, 0.5) is 5.69 Å². The van der Waals surface area contributed by atoms with E-state index in [2.05, 4.69) is 41.0 Å². The van der Waals surface area contributed by atoms with Crippen LogP contribution < -0.4 is 9.64 Å². The first kappa shape index (κ1) is 22.6. The van der Waals surface area contributed by atoms with E-state index in [1.165, 1.54) is 17.7 Å². The first-order valence-corrected chi connectivity index (χ1v) is 11.7. The Labute approximate surface area is 191 Å². The zero-order valence-electron chi connectivity index (χ0n) is 19.2. The van der Waals surface area contributed by atoms with Crippen molar-refractivity contribution in [3.63, 3.8) is 0 Å². The number of carbonyl (C=O) groups is 1. The molecule has 32 heavy (non-hydrogen) atoms. The first-order valence-electron chi connectivity index (χ1n) is 11.7. The molecule has 2 aliphatic heterocycles. The van der Waals surface area contributed by atoms with E-state index in [1.54, 1.807) is 0 Å². The normalized spacial score (nSPS) is 20.2. The zero-order chi connectivity index (χ0) is 22.3. The number of nitrogens with zero attached hydrogens (tertiary/aromatic N) is 2. The van der Waals surface area contributed by atoms with E-state index in [-0.39, 0.29) is 12.2 Å². The predicted molar refractivity (Wildman–Crippen MR) is 125 cm³/mol. The summed E-state index contributed by atoms with van der Waals surface area (Å²) in [6, 6.07) is 16.3. The van der Waals surface area contributed by atoms with E-state index in [0.717, 1.165) is 51.6 Å². The highest BCUT2D eigenvalue weighted by Crippen LogP contribution is 2.27. The lowest BCUT2D eigenvalue weighted by Gasteiger charge is -2.32. The Kier molecular flexibility index (Phi) is 7.66. The highest BCUT2D eigenvalue weighted by atomic mass is 16.5. The molecule has 0 aliphatic carbocycles. The summed E-state index contributed by atoms with van der Waals surface area (Å²) in [7, 11) is 0. The summed E-state index contributed by atoms with van der Waals surface area (Å²) in [5.74, 6) is 1.28. The predicted octanol–water partition coefficient (Wildman–Crippen LogP) is 3.99. The number of esters is 1. The molecule has 2 aromatic carbocycles. The molecule has 2 fully saturated rings. The van der Waals surface area contributed by atoms with E-state index >= 15 is 0 Å². The van der Waals surface area contributed by atoms with E-state index < -0.39 is 0 Å². The highest BCUT2D eigenvalue weighted by molar-refractivity contribution is 5.89. The average molecular weight is 439 g/mol. The molecule has 0 aromatic heterocycles. The Hall–Kier alpha value is -2.57. The Morgan fingerprint density at radius 1 is 1.06 bits per heavy atom. The number of hydrogen-bond donors (Lipinski definition) is 0. The Morgan fingerprint density at radius 2 is 1.78 bits per heavy atom. The van der Waals surface area contributed by atoms with Crippen molar-refractivity contribution in [2.75, 3.05) is 50.9 Å². The maximum atomic E-state index is 11.8. The minimum Gasteiger partial charge on any atom is -0.475 e. The number of benzene rings is 2. The van der Waals surface area contributed by atoms with Crippen LogP contribution in [0.3, 0.4) is 0 Å². The van der Waals surface area contributed by atoms with Crippen LogP contribution in [-0.4, -0.2) is 63.1 Å². The van der Waals surface area contributed by atoms with Crippen LogP contribution in [-0.2, 0) is 15.9 Å². The second-order valence-electron chi connectivity index (χ2n) is 8.58. The smallest absolute Gasteiger partial charge is 0.338 e. The molecule has 2 aromatic rings. The largest absolute Gasteiger partial charge is 0.475 e. The van der Waals surface area contributed by atoms with Gasteiger partial charge in [-0.15, -0.1) is 0 Å². The molecule has 0 amide bonds. The van der Waals surface area contributed by atoms with Crippen molar-refractivity contribution >= 4 is 11.7 Å². The highest BCUT2D eigenvalue weighted by Gasteiger charge is 2.23. The lowest BCUT2D eigenvalue weighted by Crippen LogP contribution is -2.44.